The zero-order valence-electron chi connectivity index (χ0n) is 11.3. The summed E-state index contributed by atoms with van der Waals surface area (Å²) in [6.07, 6.45) is 8.63. The lowest BCUT2D eigenvalue weighted by Gasteiger charge is -1.98. The summed E-state index contributed by atoms with van der Waals surface area (Å²) in [6, 6.07) is 0. The fourth-order valence-corrected chi connectivity index (χ4v) is 2.29. The highest BCUT2D eigenvalue weighted by Crippen LogP contribution is 2.37. The molecule has 0 amide bonds. The van der Waals surface area contributed by atoms with Gasteiger partial charge in [-0.1, -0.05) is 6.08 Å². The highest BCUT2D eigenvalue weighted by molar-refractivity contribution is 6.14. The second-order valence-electron chi connectivity index (χ2n) is 4.07. The van der Waals surface area contributed by atoms with Crippen molar-refractivity contribution in [1.82, 2.24) is 0 Å². The minimum Gasteiger partial charge on any atom is -0.463 e. The molecule has 0 bridgehead atoms. The van der Waals surface area contributed by atoms with Crippen LogP contribution in [0.5, 0.6) is 0 Å². The Kier molecular flexibility index (Phi) is 6.26. The first-order chi connectivity index (χ1) is 9.26. The molecule has 2 radical (unpaired) electrons. The summed E-state index contributed by atoms with van der Waals surface area (Å²) in [5, 5.41) is 0. The summed E-state index contributed by atoms with van der Waals surface area (Å²) in [5.74, 6) is -0.302. The fraction of sp³-hybridized carbons (Fsp3) is 0.429. The molecule has 0 aromatic carbocycles. The van der Waals surface area contributed by atoms with Gasteiger partial charge in [0.2, 0.25) is 0 Å². The van der Waals surface area contributed by atoms with Gasteiger partial charge < -0.3 is 9.05 Å². The van der Waals surface area contributed by atoms with Gasteiger partial charge in [0.15, 0.2) is 0 Å². The van der Waals surface area contributed by atoms with E-state index in [1.807, 2.05) is 13.0 Å². The van der Waals surface area contributed by atoms with Gasteiger partial charge in [-0.2, -0.15) is 0 Å². The minimum absolute atomic E-state index is 0.302. The average Bonchev–Trinajstić information content (AvgIpc) is 3.01. The van der Waals surface area contributed by atoms with Crippen LogP contribution >= 0.6 is 0 Å². The van der Waals surface area contributed by atoms with Gasteiger partial charge in [0, 0.05) is 6.08 Å². The SMILES string of the molecule is C/C=C1N=C(/C=C/C(=O)OCC)C2=C/1CCC2.[B]F. The molecule has 3 nitrogen and oxygen atoms in total. The predicted octanol–water partition coefficient (Wildman–Crippen LogP) is 2.98. The molecule has 2 rings (SSSR count). The van der Waals surface area contributed by atoms with Crippen LogP contribution in [0.3, 0.4) is 0 Å². The molecular weight excluding hydrogens is 244 g/mol. The summed E-state index contributed by atoms with van der Waals surface area (Å²) in [5.41, 5.74) is 4.66. The Morgan fingerprint density at radius 3 is 2.74 bits per heavy atom. The van der Waals surface area contributed by atoms with Crippen molar-refractivity contribution in [2.75, 3.05) is 6.61 Å². The molecule has 100 valence electrons. The largest absolute Gasteiger partial charge is 0.463 e. The number of carbonyl (C=O) groups excluding carboxylic acids is 1. The summed E-state index contributed by atoms with van der Waals surface area (Å²) in [6.45, 7) is 4.21. The molecule has 0 aromatic heterocycles. The van der Waals surface area contributed by atoms with Gasteiger partial charge in [-0.15, -0.1) is 0 Å². The highest BCUT2D eigenvalue weighted by atomic mass is 19.1. The Morgan fingerprint density at radius 1 is 1.42 bits per heavy atom. The van der Waals surface area contributed by atoms with E-state index in [4.69, 9.17) is 9.05 Å². The molecule has 5 heteroatoms. The first-order valence-corrected chi connectivity index (χ1v) is 6.30. The molecule has 0 atom stereocenters. The number of halogens is 1. The first-order valence-electron chi connectivity index (χ1n) is 6.30. The number of esters is 1. The van der Waals surface area contributed by atoms with Gasteiger partial charge in [-0.3, -0.25) is 0 Å². The third-order valence-electron chi connectivity index (χ3n) is 3.01. The molecule has 0 fully saturated rings. The van der Waals surface area contributed by atoms with E-state index in [0.717, 1.165) is 24.3 Å². The smallest absolute Gasteiger partial charge is 0.350 e. The zero-order valence-corrected chi connectivity index (χ0v) is 11.3. The lowest BCUT2D eigenvalue weighted by molar-refractivity contribution is -0.137. The molecule has 0 aromatic rings. The first kappa shape index (κ1) is 15.4. The van der Waals surface area contributed by atoms with Gasteiger partial charge in [-0.05, 0) is 50.3 Å². The zero-order chi connectivity index (χ0) is 14.3. The quantitative estimate of drug-likeness (QED) is 0.445. The van der Waals surface area contributed by atoms with E-state index in [9.17, 15) is 4.79 Å². The third kappa shape index (κ3) is 3.66. The Balaban J connectivity index is 0.000000861. The number of aliphatic imine (C=N–C) groups is 1. The maximum Gasteiger partial charge on any atom is 0.350 e. The average molecular weight is 261 g/mol. The van der Waals surface area contributed by atoms with E-state index >= 15 is 0 Å². The number of nitrogens with zero attached hydrogens (tertiary/aromatic N) is 1. The number of ether oxygens (including phenoxy) is 1. The van der Waals surface area contributed by atoms with Gasteiger partial charge in [-0.25, -0.2) is 9.79 Å². The molecule has 0 saturated carbocycles. The maximum absolute atomic E-state index is 11.2. The number of allylic oxidation sites excluding steroid dienone is 4. The van der Waals surface area contributed by atoms with Crippen molar-refractivity contribution >= 4 is 19.8 Å². The highest BCUT2D eigenvalue weighted by Gasteiger charge is 2.25. The van der Waals surface area contributed by atoms with Crippen LogP contribution in [0.4, 0.5) is 4.32 Å². The summed E-state index contributed by atoms with van der Waals surface area (Å²) >= 11 is 0. The van der Waals surface area contributed by atoms with E-state index in [1.54, 1.807) is 13.0 Å². The lowest BCUT2D eigenvalue weighted by atomic mass is 10.1. The molecule has 2 aliphatic rings. The van der Waals surface area contributed by atoms with Gasteiger partial charge in [0.25, 0.3) is 0 Å². The third-order valence-corrected chi connectivity index (χ3v) is 3.01. The van der Waals surface area contributed by atoms with Crippen molar-refractivity contribution in [2.24, 2.45) is 4.99 Å². The van der Waals surface area contributed by atoms with Crippen molar-refractivity contribution in [3.05, 3.63) is 35.1 Å². The van der Waals surface area contributed by atoms with E-state index in [0.29, 0.717) is 6.61 Å². The van der Waals surface area contributed by atoms with Crippen molar-refractivity contribution in [2.45, 2.75) is 33.1 Å². The Bertz CT molecular complexity index is 464. The molecule has 19 heavy (non-hydrogen) atoms. The topological polar surface area (TPSA) is 38.7 Å². The van der Waals surface area contributed by atoms with E-state index in [2.05, 4.69) is 13.1 Å². The Labute approximate surface area is 114 Å². The number of hydrogen-bond acceptors (Lipinski definition) is 3. The summed E-state index contributed by atoms with van der Waals surface area (Å²) in [4.78, 5) is 15.8. The van der Waals surface area contributed by atoms with Crippen LogP contribution in [0, 0.1) is 0 Å². The Morgan fingerprint density at radius 2 is 2.11 bits per heavy atom. The van der Waals surface area contributed by atoms with E-state index in [1.165, 1.54) is 23.6 Å². The standard InChI is InChI=1S/C14H17NO2.BF/c1-3-12-10-6-5-7-11(10)13(15-12)8-9-14(16)17-4-2;1-2/h3,8-9H,4-7H2,1-2H3;/b9-8+,12-3+;. The van der Waals surface area contributed by atoms with Crippen LogP contribution < -0.4 is 0 Å². The Hall–Kier alpha value is -1.65. The number of rotatable bonds is 3. The van der Waals surface area contributed by atoms with Crippen LogP contribution in [-0.2, 0) is 9.53 Å². The molecule has 0 N–H and O–H groups in total. The molecule has 0 saturated heterocycles. The lowest BCUT2D eigenvalue weighted by Crippen LogP contribution is -2.01. The maximum atomic E-state index is 11.2. The van der Waals surface area contributed by atoms with Gasteiger partial charge >= 0.3 is 14.1 Å². The second kappa shape index (κ2) is 7.72. The molecule has 1 heterocycles. The molecular formula is C14H17BFNO2. The van der Waals surface area contributed by atoms with Gasteiger partial charge in [0.05, 0.1) is 18.0 Å². The van der Waals surface area contributed by atoms with Crippen molar-refractivity contribution < 1.29 is 13.8 Å². The van der Waals surface area contributed by atoms with E-state index < -0.39 is 0 Å². The molecule has 1 aliphatic carbocycles. The van der Waals surface area contributed by atoms with Crippen LogP contribution in [0.15, 0.2) is 40.1 Å². The normalized spacial score (nSPS) is 19.3. The number of carbonyl (C=O) groups is 1. The monoisotopic (exact) mass is 261 g/mol. The second-order valence-corrected chi connectivity index (χ2v) is 4.07. The predicted molar refractivity (Wildman–Crippen MR) is 74.7 cm³/mol. The van der Waals surface area contributed by atoms with Crippen LogP contribution in [0.1, 0.15) is 33.1 Å². The van der Waals surface area contributed by atoms with Crippen molar-refractivity contribution in [3.8, 4) is 0 Å². The fourth-order valence-electron chi connectivity index (χ4n) is 2.29. The minimum atomic E-state index is -0.302. The molecule has 0 unspecified atom stereocenters. The van der Waals surface area contributed by atoms with Gasteiger partial charge in [0.1, 0.15) is 0 Å². The summed E-state index contributed by atoms with van der Waals surface area (Å²) < 4.78 is 13.9. The van der Waals surface area contributed by atoms with Crippen molar-refractivity contribution in [1.29, 1.82) is 0 Å². The van der Waals surface area contributed by atoms with E-state index in [-0.39, 0.29) is 5.97 Å². The van der Waals surface area contributed by atoms with Crippen molar-refractivity contribution in [3.63, 3.8) is 0 Å². The van der Waals surface area contributed by atoms with Crippen LogP contribution in [0.2, 0.25) is 0 Å². The molecule has 1 aliphatic heterocycles. The number of hydrogen-bond donors (Lipinski definition) is 0. The summed E-state index contributed by atoms with van der Waals surface area (Å²) in [7, 11) is 3.00. The van der Waals surface area contributed by atoms with Crippen LogP contribution in [0.25, 0.3) is 0 Å². The van der Waals surface area contributed by atoms with Crippen LogP contribution in [-0.4, -0.2) is 26.4 Å². The molecule has 0 spiro atoms.